The van der Waals surface area contributed by atoms with E-state index in [2.05, 4.69) is 5.32 Å². The summed E-state index contributed by atoms with van der Waals surface area (Å²) in [5, 5.41) is 34.8. The molecule has 0 aliphatic carbocycles. The van der Waals surface area contributed by atoms with Gasteiger partial charge >= 0.3 is 0 Å². The third kappa shape index (κ3) is 4.24. The summed E-state index contributed by atoms with van der Waals surface area (Å²) in [5.74, 6) is -0.993. The first-order valence-corrected chi connectivity index (χ1v) is 8.89. The van der Waals surface area contributed by atoms with Gasteiger partial charge in [-0.25, -0.2) is 0 Å². The van der Waals surface area contributed by atoms with Gasteiger partial charge in [0.05, 0.1) is 4.92 Å². The number of nitro benzene ring substituents is 1. The molecule has 0 saturated heterocycles. The van der Waals surface area contributed by atoms with Crippen LogP contribution in [0.1, 0.15) is 63.0 Å². The minimum Gasteiger partial charge on any atom is -0.505 e. The van der Waals surface area contributed by atoms with Gasteiger partial charge in [0.15, 0.2) is 0 Å². The molecular formula is C21H26N2O5. The summed E-state index contributed by atoms with van der Waals surface area (Å²) >= 11 is 0. The molecule has 0 aliphatic heterocycles. The quantitative estimate of drug-likeness (QED) is 0.396. The van der Waals surface area contributed by atoms with Gasteiger partial charge < -0.3 is 15.5 Å². The van der Waals surface area contributed by atoms with Crippen LogP contribution in [0.2, 0.25) is 0 Å². The predicted molar refractivity (Wildman–Crippen MR) is 108 cm³/mol. The number of phenolic OH excluding ortho intramolecular Hbond substituents is 2. The maximum atomic E-state index is 12.6. The lowest BCUT2D eigenvalue weighted by Crippen LogP contribution is -2.19. The van der Waals surface area contributed by atoms with E-state index in [-0.39, 0.29) is 28.4 Å². The molecule has 2 aromatic rings. The number of hydrogen-bond acceptors (Lipinski definition) is 5. The summed E-state index contributed by atoms with van der Waals surface area (Å²) in [7, 11) is 0. The fraction of sp³-hybridized carbons (Fsp3) is 0.381. The lowest BCUT2D eigenvalue weighted by atomic mass is 9.79. The van der Waals surface area contributed by atoms with Crippen molar-refractivity contribution in [3.63, 3.8) is 0 Å². The van der Waals surface area contributed by atoms with E-state index >= 15 is 0 Å². The molecule has 0 atom stereocenters. The zero-order valence-electron chi connectivity index (χ0n) is 17.0. The van der Waals surface area contributed by atoms with Crippen molar-refractivity contribution in [2.24, 2.45) is 0 Å². The molecule has 2 aromatic carbocycles. The number of aromatic hydroxyl groups is 2. The topological polar surface area (TPSA) is 113 Å². The minimum atomic E-state index is -0.591. The smallest absolute Gasteiger partial charge is 0.269 e. The molecule has 28 heavy (non-hydrogen) atoms. The molecule has 0 aliphatic rings. The highest BCUT2D eigenvalue weighted by atomic mass is 16.6. The third-order valence-corrected chi connectivity index (χ3v) is 4.47. The highest BCUT2D eigenvalue weighted by Gasteiger charge is 2.30. The number of rotatable bonds is 3. The summed E-state index contributed by atoms with van der Waals surface area (Å²) in [6, 6.07) is 6.84. The molecule has 0 bridgehead atoms. The van der Waals surface area contributed by atoms with E-state index in [1.54, 1.807) is 6.07 Å². The van der Waals surface area contributed by atoms with Crippen LogP contribution in [0.25, 0.3) is 0 Å². The van der Waals surface area contributed by atoms with E-state index in [4.69, 9.17) is 0 Å². The SMILES string of the molecule is CC(C)(C)c1cc(C(C)(C)C)c(O)c(NC(=O)c2ccc([N+](=O)[O-])cc2)c1O. The highest BCUT2D eigenvalue weighted by Crippen LogP contribution is 2.47. The Morgan fingerprint density at radius 1 is 0.929 bits per heavy atom. The molecule has 0 spiro atoms. The Balaban J connectivity index is 2.54. The van der Waals surface area contributed by atoms with Crippen LogP contribution < -0.4 is 5.32 Å². The lowest BCUT2D eigenvalue weighted by molar-refractivity contribution is -0.384. The van der Waals surface area contributed by atoms with Crippen molar-refractivity contribution in [3.8, 4) is 11.5 Å². The van der Waals surface area contributed by atoms with E-state index in [0.29, 0.717) is 11.1 Å². The van der Waals surface area contributed by atoms with E-state index < -0.39 is 21.7 Å². The highest BCUT2D eigenvalue weighted by molar-refractivity contribution is 6.06. The van der Waals surface area contributed by atoms with Gasteiger partial charge in [0.2, 0.25) is 0 Å². The zero-order valence-corrected chi connectivity index (χ0v) is 17.0. The van der Waals surface area contributed by atoms with Crippen LogP contribution in [0.5, 0.6) is 11.5 Å². The van der Waals surface area contributed by atoms with Gasteiger partial charge in [0.1, 0.15) is 17.2 Å². The second-order valence-electron chi connectivity index (χ2n) is 8.80. The number of phenols is 2. The van der Waals surface area contributed by atoms with Gasteiger partial charge in [-0.3, -0.25) is 14.9 Å². The lowest BCUT2D eigenvalue weighted by Gasteiger charge is -2.28. The number of nitro groups is 1. The van der Waals surface area contributed by atoms with Crippen molar-refractivity contribution in [1.82, 2.24) is 0 Å². The number of benzene rings is 2. The van der Waals surface area contributed by atoms with Crippen LogP contribution >= 0.6 is 0 Å². The Morgan fingerprint density at radius 2 is 1.36 bits per heavy atom. The largest absolute Gasteiger partial charge is 0.505 e. The first-order valence-electron chi connectivity index (χ1n) is 8.89. The molecule has 0 heterocycles. The number of carbonyl (C=O) groups excluding carboxylic acids is 1. The number of hydrogen-bond donors (Lipinski definition) is 3. The van der Waals surface area contributed by atoms with E-state index in [9.17, 15) is 25.1 Å². The Hall–Kier alpha value is -3.09. The van der Waals surface area contributed by atoms with Crippen molar-refractivity contribution in [3.05, 3.63) is 57.1 Å². The Kier molecular flexibility index (Phi) is 5.41. The van der Waals surface area contributed by atoms with Crippen LogP contribution in [-0.4, -0.2) is 21.0 Å². The van der Waals surface area contributed by atoms with Crippen LogP contribution in [0.15, 0.2) is 30.3 Å². The number of amides is 1. The zero-order chi connectivity index (χ0) is 21.4. The molecule has 7 heteroatoms. The van der Waals surface area contributed by atoms with E-state index in [1.807, 2.05) is 41.5 Å². The Morgan fingerprint density at radius 3 is 1.71 bits per heavy atom. The number of nitrogens with one attached hydrogen (secondary N) is 1. The molecule has 0 radical (unpaired) electrons. The second kappa shape index (κ2) is 7.14. The van der Waals surface area contributed by atoms with Gasteiger partial charge in [-0.1, -0.05) is 41.5 Å². The third-order valence-electron chi connectivity index (χ3n) is 4.47. The van der Waals surface area contributed by atoms with Gasteiger partial charge in [-0.2, -0.15) is 0 Å². The monoisotopic (exact) mass is 386 g/mol. The van der Waals surface area contributed by atoms with Crippen molar-refractivity contribution in [2.75, 3.05) is 5.32 Å². The molecule has 150 valence electrons. The minimum absolute atomic E-state index is 0.0688. The van der Waals surface area contributed by atoms with Crippen LogP contribution in [0, 0.1) is 10.1 Å². The van der Waals surface area contributed by atoms with Crippen molar-refractivity contribution < 1.29 is 19.9 Å². The number of nitrogens with zero attached hydrogens (tertiary/aromatic N) is 1. The van der Waals surface area contributed by atoms with Crippen LogP contribution in [0.4, 0.5) is 11.4 Å². The maximum Gasteiger partial charge on any atom is 0.269 e. The number of non-ortho nitro benzene ring substituents is 1. The maximum absolute atomic E-state index is 12.6. The molecule has 0 fully saturated rings. The van der Waals surface area contributed by atoms with Gasteiger partial charge in [-0.15, -0.1) is 0 Å². The predicted octanol–water partition coefficient (Wildman–Crippen LogP) is 4.85. The van der Waals surface area contributed by atoms with Crippen LogP contribution in [-0.2, 0) is 10.8 Å². The average Bonchev–Trinajstić information content (AvgIpc) is 2.56. The second-order valence-corrected chi connectivity index (χ2v) is 8.80. The molecule has 1 amide bonds. The standard InChI is InChI=1S/C21H26N2O5/c1-20(2,3)14-11-15(21(4,5)6)18(25)16(17(14)24)22-19(26)12-7-9-13(10-8-12)23(27)28/h7-11,24-25H,1-6H3,(H,22,26). The molecule has 3 N–H and O–H groups in total. The van der Waals surface area contributed by atoms with Crippen molar-refractivity contribution in [2.45, 2.75) is 52.4 Å². The van der Waals surface area contributed by atoms with Crippen molar-refractivity contribution >= 4 is 17.3 Å². The summed E-state index contributed by atoms with van der Waals surface area (Å²) in [5.41, 5.74) is 0.300. The first-order chi connectivity index (χ1) is 12.7. The van der Waals surface area contributed by atoms with E-state index in [1.165, 1.54) is 24.3 Å². The number of carbonyl (C=O) groups is 1. The number of anilines is 1. The summed E-state index contributed by atoms with van der Waals surface area (Å²) in [6.45, 7) is 11.5. The molecule has 0 aromatic heterocycles. The normalized spacial score (nSPS) is 11.9. The average molecular weight is 386 g/mol. The molecule has 7 nitrogen and oxygen atoms in total. The fourth-order valence-electron chi connectivity index (χ4n) is 2.84. The van der Waals surface area contributed by atoms with Gasteiger partial charge in [0.25, 0.3) is 11.6 Å². The molecular weight excluding hydrogens is 360 g/mol. The summed E-state index contributed by atoms with van der Waals surface area (Å²) in [4.78, 5) is 22.8. The Bertz CT molecular complexity index is 882. The molecule has 2 rings (SSSR count). The molecule has 0 saturated carbocycles. The fourth-order valence-corrected chi connectivity index (χ4v) is 2.84. The Labute approximate surface area is 164 Å². The van der Waals surface area contributed by atoms with Gasteiger partial charge in [0, 0.05) is 28.8 Å². The van der Waals surface area contributed by atoms with Crippen molar-refractivity contribution in [1.29, 1.82) is 0 Å². The summed E-state index contributed by atoms with van der Waals surface area (Å²) in [6.07, 6.45) is 0. The van der Waals surface area contributed by atoms with Crippen LogP contribution in [0.3, 0.4) is 0 Å². The summed E-state index contributed by atoms with van der Waals surface area (Å²) < 4.78 is 0. The molecule has 0 unspecified atom stereocenters. The van der Waals surface area contributed by atoms with E-state index in [0.717, 1.165) is 0 Å². The first kappa shape index (κ1) is 21.2. The van der Waals surface area contributed by atoms with Gasteiger partial charge in [-0.05, 0) is 29.0 Å².